The maximum absolute atomic E-state index is 11.5. The molecule has 16 heavy (non-hydrogen) atoms. The van der Waals surface area contributed by atoms with Crippen molar-refractivity contribution in [2.24, 2.45) is 16.9 Å². The summed E-state index contributed by atoms with van der Waals surface area (Å²) in [6, 6.07) is 0. The van der Waals surface area contributed by atoms with Gasteiger partial charge in [0.2, 0.25) is 0 Å². The molecule has 2 atom stereocenters. The van der Waals surface area contributed by atoms with E-state index in [0.717, 1.165) is 4.43 Å². The zero-order chi connectivity index (χ0) is 12.6. The number of hydrogen-bond donors (Lipinski definition) is 2. The average Bonchev–Trinajstić information content (AvgIpc) is 2.80. The van der Waals surface area contributed by atoms with E-state index in [4.69, 9.17) is 16.2 Å². The number of rotatable bonds is 5. The van der Waals surface area contributed by atoms with Crippen LogP contribution in [0.5, 0.6) is 0 Å². The van der Waals surface area contributed by atoms with Crippen molar-refractivity contribution in [3.63, 3.8) is 0 Å². The molecule has 1 saturated heterocycles. The molecule has 1 fully saturated rings. The SMILES string of the molecule is CC(C)(CC(C)(C(N)=O)C1C[I-]1)OC(N)=O. The maximum atomic E-state index is 11.5. The molecule has 4 N–H and O–H groups in total. The fourth-order valence-corrected chi connectivity index (χ4v) is 4.66. The fraction of sp³-hybridized carbons (Fsp3) is 0.800. The Bertz CT molecular complexity index is 315. The van der Waals surface area contributed by atoms with Crippen molar-refractivity contribution in [1.29, 1.82) is 0 Å². The Morgan fingerprint density at radius 2 is 1.88 bits per heavy atom. The number of halogens is 1. The van der Waals surface area contributed by atoms with E-state index in [1.54, 1.807) is 13.8 Å². The summed E-state index contributed by atoms with van der Waals surface area (Å²) in [6.45, 7) is 5.36. The van der Waals surface area contributed by atoms with E-state index in [1.165, 1.54) is 0 Å². The normalized spacial score (nSPS) is 23.8. The summed E-state index contributed by atoms with van der Waals surface area (Å²) in [6.07, 6.45) is -0.384. The van der Waals surface area contributed by atoms with Gasteiger partial charge in [-0.25, -0.2) is 0 Å². The van der Waals surface area contributed by atoms with Crippen LogP contribution in [0.15, 0.2) is 0 Å². The zero-order valence-corrected chi connectivity index (χ0v) is 11.9. The quantitative estimate of drug-likeness (QED) is 0.418. The van der Waals surface area contributed by atoms with Crippen molar-refractivity contribution >= 4 is 12.0 Å². The predicted molar refractivity (Wildman–Crippen MR) is 55.3 cm³/mol. The first-order valence-corrected chi connectivity index (χ1v) is 7.80. The van der Waals surface area contributed by atoms with E-state index in [1.807, 2.05) is 6.92 Å². The monoisotopic (exact) mass is 341 g/mol. The van der Waals surface area contributed by atoms with E-state index < -0.39 is 17.1 Å². The first kappa shape index (κ1) is 13.5. The fourth-order valence-electron chi connectivity index (χ4n) is 1.93. The number of nitrogens with two attached hydrogens (primary N) is 2. The van der Waals surface area contributed by atoms with E-state index in [0.29, 0.717) is 10.3 Å². The summed E-state index contributed by atoms with van der Waals surface area (Å²) in [4.78, 5) is 22.3. The number of hydrogen-bond acceptors (Lipinski definition) is 3. The number of carbonyl (C=O) groups excluding carboxylic acids is 2. The van der Waals surface area contributed by atoms with Gasteiger partial charge in [0.1, 0.15) is 0 Å². The second-order valence-electron chi connectivity index (χ2n) is 4.92. The molecule has 0 aliphatic carbocycles. The molecule has 0 aromatic rings. The van der Waals surface area contributed by atoms with Crippen LogP contribution in [0.1, 0.15) is 27.2 Å². The van der Waals surface area contributed by atoms with Gasteiger partial charge in [0.25, 0.3) is 0 Å². The van der Waals surface area contributed by atoms with Gasteiger partial charge in [-0.2, -0.15) is 0 Å². The molecule has 2 amide bonds. The number of amides is 2. The Kier molecular flexibility index (Phi) is 3.71. The van der Waals surface area contributed by atoms with Crippen LogP contribution in [0.2, 0.25) is 0 Å². The van der Waals surface area contributed by atoms with Gasteiger partial charge >= 0.3 is 106 Å². The van der Waals surface area contributed by atoms with Crippen molar-refractivity contribution in [2.75, 3.05) is 4.43 Å². The summed E-state index contributed by atoms with van der Waals surface area (Å²) < 4.78 is 6.54. The van der Waals surface area contributed by atoms with Gasteiger partial charge in [0.15, 0.2) is 0 Å². The van der Waals surface area contributed by atoms with Crippen LogP contribution in [0, 0.1) is 5.41 Å². The molecule has 0 radical (unpaired) electrons. The molecule has 2 unspecified atom stereocenters. The van der Waals surface area contributed by atoms with Gasteiger partial charge in [0.05, 0.1) is 0 Å². The van der Waals surface area contributed by atoms with Crippen LogP contribution in [0.25, 0.3) is 0 Å². The molecule has 0 bridgehead atoms. The van der Waals surface area contributed by atoms with Crippen molar-refractivity contribution in [2.45, 2.75) is 36.7 Å². The van der Waals surface area contributed by atoms with Crippen LogP contribution in [-0.2, 0) is 9.53 Å². The number of ether oxygens (including phenoxy) is 1. The average molecular weight is 341 g/mol. The predicted octanol–water partition coefficient (Wildman–Crippen LogP) is -2.79. The summed E-state index contributed by atoms with van der Waals surface area (Å²) in [7, 11) is 0. The van der Waals surface area contributed by atoms with Crippen molar-refractivity contribution in [3.8, 4) is 0 Å². The molecule has 0 aromatic carbocycles. The summed E-state index contributed by atoms with van der Waals surface area (Å²) >= 11 is 0.102. The van der Waals surface area contributed by atoms with Crippen LogP contribution in [0.3, 0.4) is 0 Å². The molecular formula is C10H18IN2O3-. The van der Waals surface area contributed by atoms with Gasteiger partial charge in [-0.3, -0.25) is 0 Å². The van der Waals surface area contributed by atoms with Gasteiger partial charge in [-0.05, 0) is 0 Å². The first-order chi connectivity index (χ1) is 7.17. The number of alkyl halides is 2. The molecule has 1 rings (SSSR count). The Hall–Kier alpha value is -0.530. The third-order valence-electron chi connectivity index (χ3n) is 2.73. The summed E-state index contributed by atoms with van der Waals surface area (Å²) in [5.74, 6) is -0.309. The molecule has 1 heterocycles. The Labute approximate surface area is 106 Å². The molecule has 6 heteroatoms. The van der Waals surface area contributed by atoms with E-state index in [-0.39, 0.29) is 27.1 Å². The topological polar surface area (TPSA) is 95.4 Å². The van der Waals surface area contributed by atoms with Crippen LogP contribution >= 0.6 is 0 Å². The van der Waals surface area contributed by atoms with Gasteiger partial charge in [0, 0.05) is 0 Å². The third kappa shape index (κ3) is 3.23. The Morgan fingerprint density at radius 1 is 1.38 bits per heavy atom. The molecule has 5 nitrogen and oxygen atoms in total. The third-order valence-corrected chi connectivity index (χ3v) is 5.87. The van der Waals surface area contributed by atoms with E-state index in [2.05, 4.69) is 0 Å². The molecule has 0 spiro atoms. The number of carbonyl (C=O) groups is 2. The molecule has 0 aromatic heterocycles. The van der Waals surface area contributed by atoms with Crippen LogP contribution in [0.4, 0.5) is 4.79 Å². The second kappa shape index (κ2) is 4.38. The van der Waals surface area contributed by atoms with Gasteiger partial charge < -0.3 is 0 Å². The molecule has 94 valence electrons. The van der Waals surface area contributed by atoms with Crippen molar-refractivity contribution in [3.05, 3.63) is 0 Å². The van der Waals surface area contributed by atoms with Crippen molar-refractivity contribution < 1.29 is 35.5 Å². The minimum absolute atomic E-state index is 0.102. The number of primary amides is 2. The van der Waals surface area contributed by atoms with Crippen LogP contribution < -0.4 is 32.7 Å². The molecule has 1 aliphatic rings. The summed E-state index contributed by atoms with van der Waals surface area (Å²) in [5.41, 5.74) is 9.14. The minimum atomic E-state index is -0.817. The van der Waals surface area contributed by atoms with E-state index >= 15 is 0 Å². The molecular weight excluding hydrogens is 323 g/mol. The Balaban J connectivity index is 2.75. The van der Waals surface area contributed by atoms with Gasteiger partial charge in [-0.1, -0.05) is 0 Å². The molecule has 1 aliphatic heterocycles. The standard InChI is InChI=1S/C10H18IN2O3/c1-9(2,16-8(13)15)5-10(3,7(12)14)6-4-11-6/h6H,4-5H2,1-3H3,(H2,12,14)(H2,13,15)/q-1. The zero-order valence-electron chi connectivity index (χ0n) is 9.75. The van der Waals surface area contributed by atoms with Gasteiger partial charge in [-0.15, -0.1) is 0 Å². The Morgan fingerprint density at radius 3 is 2.19 bits per heavy atom. The summed E-state index contributed by atoms with van der Waals surface area (Å²) in [5, 5.41) is 0. The van der Waals surface area contributed by atoms with Crippen LogP contribution in [-0.4, -0.2) is 26.0 Å². The van der Waals surface area contributed by atoms with Crippen molar-refractivity contribution in [1.82, 2.24) is 0 Å². The second-order valence-corrected chi connectivity index (χ2v) is 8.18. The van der Waals surface area contributed by atoms with E-state index in [9.17, 15) is 9.59 Å². The first-order valence-electron chi connectivity index (χ1n) is 5.03. The molecule has 0 saturated carbocycles.